The summed E-state index contributed by atoms with van der Waals surface area (Å²) in [7, 11) is 0. The van der Waals surface area contributed by atoms with Crippen molar-refractivity contribution in [2.24, 2.45) is 5.92 Å². The van der Waals surface area contributed by atoms with E-state index in [0.717, 1.165) is 37.6 Å². The molecule has 98 valence electrons. The summed E-state index contributed by atoms with van der Waals surface area (Å²) in [5, 5.41) is 0.598. The first-order valence-electron chi connectivity index (χ1n) is 6.92. The zero-order valence-corrected chi connectivity index (χ0v) is 11.3. The average molecular weight is 267 g/mol. The Balaban J connectivity index is 1.76. The molecular formula is C14H19ClN2O. The molecule has 3 nitrogen and oxygen atoms in total. The molecule has 1 aromatic rings. The van der Waals surface area contributed by atoms with Crippen LogP contribution in [0.25, 0.3) is 0 Å². The average Bonchev–Trinajstić information content (AvgIpc) is 3.00. The van der Waals surface area contributed by atoms with E-state index in [0.29, 0.717) is 17.0 Å². The van der Waals surface area contributed by atoms with Gasteiger partial charge in [0.05, 0.1) is 0 Å². The molecule has 0 amide bonds. The molecule has 2 fully saturated rings. The summed E-state index contributed by atoms with van der Waals surface area (Å²) in [5.41, 5.74) is 1.15. The van der Waals surface area contributed by atoms with Gasteiger partial charge in [-0.05, 0) is 31.2 Å². The van der Waals surface area contributed by atoms with Crippen LogP contribution in [0.15, 0.2) is 6.07 Å². The topological polar surface area (TPSA) is 35.0 Å². The number of halogens is 1. The molecule has 1 saturated heterocycles. The van der Waals surface area contributed by atoms with E-state index in [-0.39, 0.29) is 0 Å². The maximum absolute atomic E-state index is 6.13. The molecule has 0 bridgehead atoms. The summed E-state index contributed by atoms with van der Waals surface area (Å²) >= 11 is 6.13. The van der Waals surface area contributed by atoms with E-state index in [9.17, 15) is 0 Å². The number of rotatable bonds is 3. The van der Waals surface area contributed by atoms with E-state index in [4.69, 9.17) is 21.3 Å². The number of hydrogen-bond acceptors (Lipinski definition) is 3. The van der Waals surface area contributed by atoms with Gasteiger partial charge in [0.2, 0.25) is 0 Å². The first kappa shape index (κ1) is 12.4. The van der Waals surface area contributed by atoms with Gasteiger partial charge >= 0.3 is 0 Å². The van der Waals surface area contributed by atoms with Crippen molar-refractivity contribution in [3.63, 3.8) is 0 Å². The van der Waals surface area contributed by atoms with Gasteiger partial charge in [0.15, 0.2) is 0 Å². The van der Waals surface area contributed by atoms with Gasteiger partial charge in [0.1, 0.15) is 11.0 Å². The van der Waals surface area contributed by atoms with Crippen molar-refractivity contribution in [2.75, 3.05) is 13.2 Å². The lowest BCUT2D eigenvalue weighted by Crippen LogP contribution is -2.09. The number of aromatic nitrogens is 2. The summed E-state index contributed by atoms with van der Waals surface area (Å²) in [6.45, 7) is 1.72. The van der Waals surface area contributed by atoms with E-state index in [1.807, 2.05) is 6.07 Å². The molecule has 1 aromatic heterocycles. The Morgan fingerprint density at radius 3 is 2.78 bits per heavy atom. The highest BCUT2D eigenvalue weighted by molar-refractivity contribution is 6.29. The summed E-state index contributed by atoms with van der Waals surface area (Å²) in [6.07, 6.45) is 7.16. The molecule has 0 aromatic carbocycles. The predicted molar refractivity (Wildman–Crippen MR) is 70.9 cm³/mol. The van der Waals surface area contributed by atoms with Crippen LogP contribution in [0.1, 0.15) is 49.5 Å². The van der Waals surface area contributed by atoms with Crippen molar-refractivity contribution in [3.8, 4) is 0 Å². The van der Waals surface area contributed by atoms with Crippen LogP contribution in [0.4, 0.5) is 0 Å². The van der Waals surface area contributed by atoms with E-state index >= 15 is 0 Å². The summed E-state index contributed by atoms with van der Waals surface area (Å²) in [6, 6.07) is 1.95. The Bertz CT molecular complexity index is 412. The van der Waals surface area contributed by atoms with Crippen LogP contribution < -0.4 is 0 Å². The van der Waals surface area contributed by atoms with Gasteiger partial charge < -0.3 is 4.74 Å². The second-order valence-electron chi connectivity index (χ2n) is 5.45. The number of ether oxygens (including phenoxy) is 1. The number of hydrogen-bond donors (Lipinski definition) is 0. The van der Waals surface area contributed by atoms with Gasteiger partial charge in [0, 0.05) is 31.2 Å². The largest absolute Gasteiger partial charge is 0.381 e. The van der Waals surface area contributed by atoms with Crippen molar-refractivity contribution in [1.29, 1.82) is 0 Å². The molecule has 1 saturated carbocycles. The summed E-state index contributed by atoms with van der Waals surface area (Å²) < 4.78 is 5.40. The van der Waals surface area contributed by atoms with Crippen LogP contribution >= 0.6 is 11.6 Å². The summed E-state index contributed by atoms with van der Waals surface area (Å²) in [5.74, 6) is 2.07. The van der Waals surface area contributed by atoms with Crippen LogP contribution in [0.2, 0.25) is 5.15 Å². The molecule has 3 rings (SSSR count). The molecule has 4 heteroatoms. The first-order valence-corrected chi connectivity index (χ1v) is 7.30. The highest BCUT2D eigenvalue weighted by atomic mass is 35.5. The quantitative estimate of drug-likeness (QED) is 0.787. The molecular weight excluding hydrogens is 248 g/mol. The maximum atomic E-state index is 6.13. The first-order chi connectivity index (χ1) is 8.81. The fourth-order valence-electron chi connectivity index (χ4n) is 3.01. The Labute approximate surface area is 113 Å². The Morgan fingerprint density at radius 1 is 1.22 bits per heavy atom. The lowest BCUT2D eigenvalue weighted by atomic mass is 10.0. The predicted octanol–water partition coefficient (Wildman–Crippen LogP) is 3.37. The molecule has 0 N–H and O–H groups in total. The third-order valence-corrected chi connectivity index (χ3v) is 4.22. The van der Waals surface area contributed by atoms with E-state index < -0.39 is 0 Å². The van der Waals surface area contributed by atoms with Gasteiger partial charge in [-0.1, -0.05) is 24.4 Å². The molecule has 2 aliphatic rings. The van der Waals surface area contributed by atoms with E-state index in [1.54, 1.807) is 0 Å². The fourth-order valence-corrected chi connectivity index (χ4v) is 3.22. The second-order valence-corrected chi connectivity index (χ2v) is 5.83. The second kappa shape index (κ2) is 5.54. The van der Waals surface area contributed by atoms with Gasteiger partial charge in [0.25, 0.3) is 0 Å². The van der Waals surface area contributed by atoms with Crippen molar-refractivity contribution >= 4 is 11.6 Å². The smallest absolute Gasteiger partial charge is 0.133 e. The minimum Gasteiger partial charge on any atom is -0.381 e. The van der Waals surface area contributed by atoms with Gasteiger partial charge in [-0.3, -0.25) is 0 Å². The minimum atomic E-state index is 0.569. The zero-order chi connectivity index (χ0) is 12.4. The normalized spacial score (nSPS) is 24.8. The van der Waals surface area contributed by atoms with Crippen molar-refractivity contribution in [2.45, 2.75) is 44.4 Å². The minimum absolute atomic E-state index is 0.569. The van der Waals surface area contributed by atoms with Crippen LogP contribution in [0.5, 0.6) is 0 Å². The number of nitrogens with zero attached hydrogens (tertiary/aromatic N) is 2. The molecule has 18 heavy (non-hydrogen) atoms. The van der Waals surface area contributed by atoms with E-state index in [2.05, 4.69) is 4.98 Å². The summed E-state index contributed by atoms with van der Waals surface area (Å²) in [4.78, 5) is 9.10. The van der Waals surface area contributed by atoms with Crippen LogP contribution in [-0.4, -0.2) is 23.2 Å². The van der Waals surface area contributed by atoms with Gasteiger partial charge in [-0.15, -0.1) is 0 Å². The molecule has 1 aliphatic carbocycles. The van der Waals surface area contributed by atoms with Crippen LogP contribution in [0.3, 0.4) is 0 Å². The van der Waals surface area contributed by atoms with Gasteiger partial charge in [-0.25, -0.2) is 9.97 Å². The van der Waals surface area contributed by atoms with Crippen molar-refractivity contribution < 1.29 is 4.74 Å². The third-order valence-electron chi connectivity index (χ3n) is 4.03. The molecule has 0 spiro atoms. The van der Waals surface area contributed by atoms with Crippen molar-refractivity contribution in [1.82, 2.24) is 9.97 Å². The Morgan fingerprint density at radius 2 is 2.06 bits per heavy atom. The molecule has 1 unspecified atom stereocenters. The molecule has 0 radical (unpaired) electrons. The monoisotopic (exact) mass is 266 g/mol. The highest BCUT2D eigenvalue weighted by Gasteiger charge is 2.22. The highest BCUT2D eigenvalue weighted by Crippen LogP contribution is 2.33. The molecule has 1 aliphatic heterocycles. The Kier molecular flexibility index (Phi) is 3.80. The molecule has 2 heterocycles. The van der Waals surface area contributed by atoms with Crippen LogP contribution in [-0.2, 0) is 11.2 Å². The maximum Gasteiger partial charge on any atom is 0.133 e. The van der Waals surface area contributed by atoms with Crippen LogP contribution in [0, 0.1) is 5.92 Å². The van der Waals surface area contributed by atoms with E-state index in [1.165, 1.54) is 25.7 Å². The lowest BCUT2D eigenvalue weighted by molar-refractivity contribution is 0.185. The standard InChI is InChI=1S/C14H19ClN2O/c15-13-8-12(11-3-1-2-4-11)16-14(17-13)7-10-5-6-18-9-10/h8,10-11H,1-7,9H2. The van der Waals surface area contributed by atoms with Crippen molar-refractivity contribution in [3.05, 3.63) is 22.7 Å². The lowest BCUT2D eigenvalue weighted by Gasteiger charge is -2.12. The fraction of sp³-hybridized carbons (Fsp3) is 0.714. The third kappa shape index (κ3) is 2.83. The van der Waals surface area contributed by atoms with Gasteiger partial charge in [-0.2, -0.15) is 0 Å². The zero-order valence-electron chi connectivity index (χ0n) is 10.6. The molecule has 1 atom stereocenters. The SMILES string of the molecule is Clc1cc(C2CCCC2)nc(CC2CCOC2)n1. The Hall–Kier alpha value is -0.670.